The van der Waals surface area contributed by atoms with Gasteiger partial charge in [0.1, 0.15) is 5.56 Å². The second kappa shape index (κ2) is 6.85. The van der Waals surface area contributed by atoms with Crippen LogP contribution in [0.4, 0.5) is 17.1 Å². The molecule has 2 aromatic rings. The second-order valence-corrected chi connectivity index (χ2v) is 6.98. The number of rotatable bonds is 5. The number of nitrogens with zero attached hydrogens (tertiary/aromatic N) is 1. The van der Waals surface area contributed by atoms with Gasteiger partial charge in [0.15, 0.2) is 0 Å². The Morgan fingerprint density at radius 1 is 1.17 bits per heavy atom. The topological polar surface area (TPSA) is 118 Å². The van der Waals surface area contributed by atoms with Crippen LogP contribution in [0.25, 0.3) is 0 Å². The molecule has 0 fully saturated rings. The standard InChI is InChI=1S/C14H12ClN3O5S/c1-24(22,23)17-12-5-3-2-4-11(12)16-14(19)10-7-6-9(15)8-13(10)18(20)21/h2-8,17H,1H3,(H,16,19). The number of carbonyl (C=O) groups is 1. The van der Waals surface area contributed by atoms with Crippen LogP contribution in [-0.4, -0.2) is 25.5 Å². The highest BCUT2D eigenvalue weighted by atomic mass is 35.5. The van der Waals surface area contributed by atoms with Crippen molar-refractivity contribution >= 4 is 44.6 Å². The third-order valence-electron chi connectivity index (χ3n) is 2.87. The van der Waals surface area contributed by atoms with Gasteiger partial charge in [0.05, 0.1) is 22.6 Å². The molecule has 0 unspecified atom stereocenters. The Labute approximate surface area is 142 Å². The van der Waals surface area contributed by atoms with Gasteiger partial charge in [0, 0.05) is 11.1 Å². The van der Waals surface area contributed by atoms with E-state index in [2.05, 4.69) is 10.0 Å². The Balaban J connectivity index is 2.36. The minimum Gasteiger partial charge on any atom is -0.320 e. The van der Waals surface area contributed by atoms with Crippen molar-refractivity contribution in [3.63, 3.8) is 0 Å². The summed E-state index contributed by atoms with van der Waals surface area (Å²) >= 11 is 5.71. The van der Waals surface area contributed by atoms with Crippen molar-refractivity contribution in [2.45, 2.75) is 0 Å². The van der Waals surface area contributed by atoms with Crippen LogP contribution in [0.1, 0.15) is 10.4 Å². The molecule has 0 atom stereocenters. The van der Waals surface area contributed by atoms with E-state index < -0.39 is 26.5 Å². The number of para-hydroxylation sites is 2. The summed E-state index contributed by atoms with van der Waals surface area (Å²) in [5, 5.41) is 13.6. The van der Waals surface area contributed by atoms with Gasteiger partial charge in [-0.25, -0.2) is 8.42 Å². The highest BCUT2D eigenvalue weighted by Gasteiger charge is 2.21. The number of benzene rings is 2. The summed E-state index contributed by atoms with van der Waals surface area (Å²) in [6, 6.07) is 9.72. The van der Waals surface area contributed by atoms with Gasteiger partial charge in [-0.2, -0.15) is 0 Å². The molecule has 0 radical (unpaired) electrons. The SMILES string of the molecule is CS(=O)(=O)Nc1ccccc1NC(=O)c1ccc(Cl)cc1[N+](=O)[O-]. The summed E-state index contributed by atoms with van der Waals surface area (Å²) in [7, 11) is -3.55. The summed E-state index contributed by atoms with van der Waals surface area (Å²) < 4.78 is 25.0. The molecular weight excluding hydrogens is 358 g/mol. The van der Waals surface area contributed by atoms with E-state index >= 15 is 0 Å². The van der Waals surface area contributed by atoms with E-state index in [1.165, 1.54) is 24.3 Å². The largest absolute Gasteiger partial charge is 0.320 e. The average Bonchev–Trinajstić information content (AvgIpc) is 2.47. The molecule has 0 spiro atoms. The van der Waals surface area contributed by atoms with E-state index in [1.54, 1.807) is 12.1 Å². The van der Waals surface area contributed by atoms with Gasteiger partial charge in [-0.3, -0.25) is 19.6 Å². The third kappa shape index (κ3) is 4.43. The summed E-state index contributed by atoms with van der Waals surface area (Å²) in [5.74, 6) is -0.763. The first-order chi connectivity index (χ1) is 11.2. The molecule has 0 aliphatic rings. The Kier molecular flexibility index (Phi) is 5.05. The molecule has 0 bridgehead atoms. The lowest BCUT2D eigenvalue weighted by Gasteiger charge is -2.12. The van der Waals surface area contributed by atoms with Crippen LogP contribution in [-0.2, 0) is 10.0 Å². The number of anilines is 2. The van der Waals surface area contributed by atoms with Crippen LogP contribution in [0.5, 0.6) is 0 Å². The maximum atomic E-state index is 12.3. The van der Waals surface area contributed by atoms with Crippen molar-refractivity contribution in [1.29, 1.82) is 0 Å². The lowest BCUT2D eigenvalue weighted by molar-refractivity contribution is -0.385. The lowest BCUT2D eigenvalue weighted by atomic mass is 10.1. The number of carbonyl (C=O) groups excluding carboxylic acids is 1. The van der Waals surface area contributed by atoms with Crippen molar-refractivity contribution in [3.8, 4) is 0 Å². The number of nitro groups is 1. The first-order valence-electron chi connectivity index (χ1n) is 6.49. The van der Waals surface area contributed by atoms with Crippen molar-refractivity contribution in [1.82, 2.24) is 0 Å². The minimum atomic E-state index is -3.55. The van der Waals surface area contributed by atoms with E-state index in [4.69, 9.17) is 11.6 Å². The molecule has 2 rings (SSSR count). The van der Waals surface area contributed by atoms with Crippen LogP contribution >= 0.6 is 11.6 Å². The molecule has 0 saturated carbocycles. The van der Waals surface area contributed by atoms with E-state index in [0.717, 1.165) is 12.3 Å². The van der Waals surface area contributed by atoms with Gasteiger partial charge in [0.25, 0.3) is 11.6 Å². The number of amides is 1. The Bertz CT molecular complexity index is 914. The number of nitrogens with one attached hydrogen (secondary N) is 2. The van der Waals surface area contributed by atoms with Crippen LogP contribution in [0, 0.1) is 10.1 Å². The molecule has 1 amide bonds. The molecule has 0 aliphatic heterocycles. The fourth-order valence-corrected chi connectivity index (χ4v) is 2.66. The summed E-state index contributed by atoms with van der Waals surface area (Å²) in [5.41, 5.74) is -0.339. The van der Waals surface area contributed by atoms with Crippen LogP contribution < -0.4 is 10.0 Å². The summed E-state index contributed by atoms with van der Waals surface area (Å²) in [6.45, 7) is 0. The van der Waals surface area contributed by atoms with E-state index in [0.29, 0.717) is 0 Å². The van der Waals surface area contributed by atoms with Crippen molar-refractivity contribution in [2.24, 2.45) is 0 Å². The van der Waals surface area contributed by atoms with Gasteiger partial charge < -0.3 is 5.32 Å². The van der Waals surface area contributed by atoms with E-state index in [9.17, 15) is 23.3 Å². The monoisotopic (exact) mass is 369 g/mol. The number of sulfonamides is 1. The molecule has 0 heterocycles. The molecular formula is C14H12ClN3O5S. The number of hydrogen-bond donors (Lipinski definition) is 2. The first-order valence-corrected chi connectivity index (χ1v) is 8.76. The minimum absolute atomic E-state index is 0.123. The van der Waals surface area contributed by atoms with Crippen molar-refractivity contribution in [2.75, 3.05) is 16.3 Å². The molecule has 8 nitrogen and oxygen atoms in total. The molecule has 0 aliphatic carbocycles. The van der Waals surface area contributed by atoms with Gasteiger partial charge in [0.2, 0.25) is 10.0 Å². The van der Waals surface area contributed by atoms with Crippen LogP contribution in [0.2, 0.25) is 5.02 Å². The highest BCUT2D eigenvalue weighted by molar-refractivity contribution is 7.92. The predicted octanol–water partition coefficient (Wildman–Crippen LogP) is 2.87. The fraction of sp³-hybridized carbons (Fsp3) is 0.0714. The molecule has 24 heavy (non-hydrogen) atoms. The zero-order valence-corrected chi connectivity index (χ0v) is 13.9. The van der Waals surface area contributed by atoms with Crippen LogP contribution in [0.15, 0.2) is 42.5 Å². The van der Waals surface area contributed by atoms with E-state index in [-0.39, 0.29) is 22.0 Å². The highest BCUT2D eigenvalue weighted by Crippen LogP contribution is 2.26. The summed E-state index contributed by atoms with van der Waals surface area (Å²) in [4.78, 5) is 22.7. The zero-order valence-electron chi connectivity index (χ0n) is 12.3. The first kappa shape index (κ1) is 17.7. The molecule has 10 heteroatoms. The van der Waals surface area contributed by atoms with Crippen molar-refractivity contribution < 1.29 is 18.1 Å². The van der Waals surface area contributed by atoms with Gasteiger partial charge in [-0.15, -0.1) is 0 Å². The zero-order chi connectivity index (χ0) is 17.9. The Morgan fingerprint density at radius 3 is 2.38 bits per heavy atom. The Morgan fingerprint density at radius 2 is 1.79 bits per heavy atom. The van der Waals surface area contributed by atoms with Gasteiger partial charge in [-0.1, -0.05) is 23.7 Å². The lowest BCUT2D eigenvalue weighted by Crippen LogP contribution is -2.17. The molecule has 126 valence electrons. The van der Waals surface area contributed by atoms with Gasteiger partial charge in [-0.05, 0) is 24.3 Å². The quantitative estimate of drug-likeness (QED) is 0.620. The average molecular weight is 370 g/mol. The van der Waals surface area contributed by atoms with Crippen LogP contribution in [0.3, 0.4) is 0 Å². The normalized spacial score (nSPS) is 10.9. The molecule has 0 aromatic heterocycles. The maximum absolute atomic E-state index is 12.3. The molecule has 2 N–H and O–H groups in total. The second-order valence-electron chi connectivity index (χ2n) is 4.79. The number of hydrogen-bond acceptors (Lipinski definition) is 5. The van der Waals surface area contributed by atoms with E-state index in [1.807, 2.05) is 0 Å². The van der Waals surface area contributed by atoms with Gasteiger partial charge >= 0.3 is 0 Å². The summed E-state index contributed by atoms with van der Waals surface area (Å²) in [6.07, 6.45) is 0.968. The fourth-order valence-electron chi connectivity index (χ4n) is 1.92. The smallest absolute Gasteiger partial charge is 0.283 e. The Hall–Kier alpha value is -2.65. The third-order valence-corrected chi connectivity index (χ3v) is 3.70. The maximum Gasteiger partial charge on any atom is 0.283 e. The van der Waals surface area contributed by atoms with Crippen molar-refractivity contribution in [3.05, 3.63) is 63.2 Å². The predicted molar refractivity (Wildman–Crippen MR) is 91.0 cm³/mol. The number of nitro benzene ring substituents is 1. The number of halogens is 1. The molecule has 0 saturated heterocycles. The molecule has 2 aromatic carbocycles.